The number of carbonyl (C=O) groups excluding carboxylic acids is 1. The second kappa shape index (κ2) is 9.55. The first-order valence-corrected chi connectivity index (χ1v) is 13.2. The van der Waals surface area contributed by atoms with Crippen LogP contribution < -0.4 is 5.32 Å². The molecule has 10 heteroatoms. The van der Waals surface area contributed by atoms with E-state index in [0.29, 0.717) is 24.8 Å². The summed E-state index contributed by atoms with van der Waals surface area (Å²) in [5.74, 6) is 0.0797. The summed E-state index contributed by atoms with van der Waals surface area (Å²) in [5.41, 5.74) is -1.18. The van der Waals surface area contributed by atoms with Crippen molar-refractivity contribution in [3.8, 4) is 0 Å². The van der Waals surface area contributed by atoms with E-state index in [4.69, 9.17) is 0 Å². The van der Waals surface area contributed by atoms with Crippen molar-refractivity contribution in [2.45, 2.75) is 62.4 Å². The summed E-state index contributed by atoms with van der Waals surface area (Å²) < 4.78 is 67.3. The van der Waals surface area contributed by atoms with E-state index >= 15 is 0 Å². The average molecular weight is 510 g/mol. The van der Waals surface area contributed by atoms with Crippen molar-refractivity contribution in [1.82, 2.24) is 14.5 Å². The maximum Gasteiger partial charge on any atom is 0.416 e. The monoisotopic (exact) mass is 509 g/mol. The van der Waals surface area contributed by atoms with E-state index in [1.807, 2.05) is 13.8 Å². The maximum absolute atomic E-state index is 13.4. The number of benzene rings is 2. The van der Waals surface area contributed by atoms with Gasteiger partial charge in [0.25, 0.3) is 0 Å². The van der Waals surface area contributed by atoms with Crippen LogP contribution in [-0.2, 0) is 27.5 Å². The Kier molecular flexibility index (Phi) is 7.00. The Hall–Kier alpha value is -2.43. The van der Waals surface area contributed by atoms with Crippen molar-refractivity contribution in [1.29, 1.82) is 0 Å². The van der Waals surface area contributed by atoms with E-state index in [2.05, 4.69) is 5.32 Å². The van der Waals surface area contributed by atoms with Crippen molar-refractivity contribution in [3.63, 3.8) is 0 Å². The second-order valence-corrected chi connectivity index (χ2v) is 11.6. The summed E-state index contributed by atoms with van der Waals surface area (Å²) in [6, 6.07) is 12.7. The van der Waals surface area contributed by atoms with Crippen LogP contribution in [0.5, 0.6) is 0 Å². The lowest BCUT2D eigenvalue weighted by atomic mass is 9.96. The molecule has 190 valence electrons. The van der Waals surface area contributed by atoms with Gasteiger partial charge >= 0.3 is 6.18 Å². The molecule has 1 amide bonds. The van der Waals surface area contributed by atoms with E-state index in [9.17, 15) is 26.4 Å². The van der Waals surface area contributed by atoms with Gasteiger partial charge in [-0.2, -0.15) is 17.5 Å². The summed E-state index contributed by atoms with van der Waals surface area (Å²) in [6.45, 7) is 4.43. The third-order valence-electron chi connectivity index (χ3n) is 6.76. The molecular formula is C25H30F3N3O3S. The fraction of sp³-hybridized carbons (Fsp3) is 0.480. The second-order valence-electron chi connectivity index (χ2n) is 9.70. The molecule has 0 bridgehead atoms. The SMILES string of the molecule is CC(C)CC1NC2(CCN(S(=O)(=O)c3ccccc3)CC2)N(Cc2cccc(C(F)(F)F)c2)C1=O. The minimum Gasteiger partial charge on any atom is -0.319 e. The van der Waals surface area contributed by atoms with E-state index in [1.165, 1.54) is 10.4 Å². The third-order valence-corrected chi connectivity index (χ3v) is 8.67. The number of amides is 1. The van der Waals surface area contributed by atoms with Crippen molar-refractivity contribution in [2.24, 2.45) is 5.92 Å². The van der Waals surface area contributed by atoms with Crippen LogP contribution in [0.3, 0.4) is 0 Å². The zero-order valence-electron chi connectivity index (χ0n) is 19.8. The van der Waals surface area contributed by atoms with Gasteiger partial charge in [0, 0.05) is 19.6 Å². The molecule has 2 fully saturated rings. The number of halogens is 3. The van der Waals surface area contributed by atoms with Gasteiger partial charge in [0.1, 0.15) is 0 Å². The van der Waals surface area contributed by atoms with Gasteiger partial charge in [-0.05, 0) is 55.0 Å². The van der Waals surface area contributed by atoms with Crippen LogP contribution in [0.1, 0.15) is 44.2 Å². The normalized spacial score (nSPS) is 21.3. The number of hydrogen-bond acceptors (Lipinski definition) is 4. The minimum absolute atomic E-state index is 0.0236. The van der Waals surface area contributed by atoms with Crippen molar-refractivity contribution >= 4 is 15.9 Å². The van der Waals surface area contributed by atoms with Gasteiger partial charge in [-0.1, -0.05) is 44.2 Å². The first-order valence-electron chi connectivity index (χ1n) is 11.7. The van der Waals surface area contributed by atoms with Crippen LogP contribution in [0, 0.1) is 5.92 Å². The Morgan fingerprint density at radius 3 is 2.31 bits per heavy atom. The van der Waals surface area contributed by atoms with Gasteiger partial charge in [-0.25, -0.2) is 8.42 Å². The highest BCUT2D eigenvalue weighted by Crippen LogP contribution is 2.37. The molecular weight excluding hydrogens is 479 g/mol. The molecule has 2 aromatic rings. The number of nitrogens with zero attached hydrogens (tertiary/aromatic N) is 2. The lowest BCUT2D eigenvalue weighted by molar-refractivity contribution is -0.137. The summed E-state index contributed by atoms with van der Waals surface area (Å²) in [4.78, 5) is 15.2. The highest BCUT2D eigenvalue weighted by Gasteiger charge is 2.52. The van der Waals surface area contributed by atoms with Crippen LogP contribution in [0.4, 0.5) is 13.2 Å². The largest absolute Gasteiger partial charge is 0.416 e. The Morgan fingerprint density at radius 1 is 1.06 bits per heavy atom. The summed E-state index contributed by atoms with van der Waals surface area (Å²) >= 11 is 0. The number of nitrogens with one attached hydrogen (secondary N) is 1. The van der Waals surface area contributed by atoms with Crippen LogP contribution in [0.2, 0.25) is 0 Å². The predicted octanol–water partition coefficient (Wildman–Crippen LogP) is 4.23. The van der Waals surface area contributed by atoms with Crippen LogP contribution in [0.15, 0.2) is 59.5 Å². The Morgan fingerprint density at radius 2 is 1.71 bits per heavy atom. The fourth-order valence-electron chi connectivity index (χ4n) is 5.00. The molecule has 6 nitrogen and oxygen atoms in total. The molecule has 2 heterocycles. The number of carbonyl (C=O) groups is 1. The number of alkyl halides is 3. The first-order chi connectivity index (χ1) is 16.4. The van der Waals surface area contributed by atoms with Crippen LogP contribution in [-0.4, -0.2) is 48.3 Å². The number of sulfonamides is 1. The summed E-state index contributed by atoms with van der Waals surface area (Å²) in [6.07, 6.45) is -3.19. The predicted molar refractivity (Wildman–Crippen MR) is 126 cm³/mol. The van der Waals surface area contributed by atoms with E-state index in [0.717, 1.165) is 12.1 Å². The van der Waals surface area contributed by atoms with Crippen LogP contribution in [0.25, 0.3) is 0 Å². The van der Waals surface area contributed by atoms with Gasteiger partial charge in [-0.3, -0.25) is 10.1 Å². The van der Waals surface area contributed by atoms with Gasteiger partial charge in [0.2, 0.25) is 15.9 Å². The lowest BCUT2D eigenvalue weighted by Crippen LogP contribution is -2.59. The smallest absolute Gasteiger partial charge is 0.319 e. The van der Waals surface area contributed by atoms with Gasteiger partial charge in [0.05, 0.1) is 22.2 Å². The molecule has 2 aliphatic heterocycles. The number of piperidine rings is 1. The molecule has 2 saturated heterocycles. The highest BCUT2D eigenvalue weighted by molar-refractivity contribution is 7.89. The van der Waals surface area contributed by atoms with E-state index < -0.39 is 33.5 Å². The molecule has 1 atom stereocenters. The molecule has 4 rings (SSSR count). The quantitative estimate of drug-likeness (QED) is 0.633. The molecule has 0 radical (unpaired) electrons. The molecule has 2 aliphatic rings. The number of hydrogen-bond donors (Lipinski definition) is 1. The third kappa shape index (κ3) is 5.24. The van der Waals surface area contributed by atoms with E-state index in [1.54, 1.807) is 41.3 Å². The maximum atomic E-state index is 13.4. The van der Waals surface area contributed by atoms with Gasteiger partial charge < -0.3 is 4.90 Å². The van der Waals surface area contributed by atoms with Crippen LogP contribution >= 0.6 is 0 Å². The molecule has 1 spiro atoms. The molecule has 35 heavy (non-hydrogen) atoms. The van der Waals surface area contributed by atoms with Gasteiger partial charge in [-0.15, -0.1) is 0 Å². The summed E-state index contributed by atoms with van der Waals surface area (Å²) in [5, 5.41) is 3.45. The Bertz CT molecular complexity index is 1160. The number of rotatable bonds is 6. The lowest BCUT2D eigenvalue weighted by Gasteiger charge is -2.44. The standard InChI is InChI=1S/C25H30F3N3O3S/c1-18(2)15-22-23(32)31(17-19-7-6-8-20(16-19)25(26,27)28)24(29-22)11-13-30(14-12-24)35(33,34)21-9-4-3-5-10-21/h3-10,16,18,22,29H,11-15,17H2,1-2H3. The molecule has 2 aromatic carbocycles. The molecule has 0 aromatic heterocycles. The van der Waals surface area contributed by atoms with Crippen molar-refractivity contribution < 1.29 is 26.4 Å². The zero-order chi connectivity index (χ0) is 25.4. The zero-order valence-corrected chi connectivity index (χ0v) is 20.6. The molecule has 1 unspecified atom stereocenters. The fourth-order valence-corrected chi connectivity index (χ4v) is 6.47. The minimum atomic E-state index is -4.47. The van der Waals surface area contributed by atoms with E-state index in [-0.39, 0.29) is 36.4 Å². The van der Waals surface area contributed by atoms with Crippen molar-refractivity contribution in [2.75, 3.05) is 13.1 Å². The molecule has 1 N–H and O–H groups in total. The van der Waals surface area contributed by atoms with Gasteiger partial charge in [0.15, 0.2) is 0 Å². The average Bonchev–Trinajstić information content (AvgIpc) is 3.04. The molecule has 0 aliphatic carbocycles. The summed E-state index contributed by atoms with van der Waals surface area (Å²) in [7, 11) is -3.68. The molecule has 0 saturated carbocycles. The van der Waals surface area contributed by atoms with Crippen molar-refractivity contribution in [3.05, 3.63) is 65.7 Å². The first kappa shape index (κ1) is 25.7. The highest BCUT2D eigenvalue weighted by atomic mass is 32.2. The Balaban J connectivity index is 1.59. The topological polar surface area (TPSA) is 69.7 Å². The Labute approximate surface area is 204 Å².